The van der Waals surface area contributed by atoms with Crippen molar-refractivity contribution in [3.05, 3.63) is 47.0 Å². The number of rotatable bonds is 2. The second-order valence-corrected chi connectivity index (χ2v) is 4.96. The monoisotopic (exact) mass is 304 g/mol. The van der Waals surface area contributed by atoms with E-state index in [2.05, 4.69) is 5.32 Å². The van der Waals surface area contributed by atoms with Gasteiger partial charge in [0.15, 0.2) is 11.5 Å². The number of amides is 1. The number of hydrogen-bond acceptors (Lipinski definition) is 4. The third-order valence-electron chi connectivity index (χ3n) is 3.06. The van der Waals surface area contributed by atoms with Gasteiger partial charge in [0.25, 0.3) is 5.91 Å². The lowest BCUT2D eigenvalue weighted by molar-refractivity contribution is 0.102. The van der Waals surface area contributed by atoms with Crippen LogP contribution in [0.2, 0.25) is 5.02 Å². The number of benzene rings is 2. The number of anilines is 2. The van der Waals surface area contributed by atoms with Crippen LogP contribution in [0.4, 0.5) is 11.4 Å². The van der Waals surface area contributed by atoms with Crippen molar-refractivity contribution in [2.24, 2.45) is 0 Å². The van der Waals surface area contributed by atoms with Gasteiger partial charge in [0.05, 0.1) is 10.7 Å². The third kappa shape index (κ3) is 2.87. The molecule has 1 aliphatic rings. The van der Waals surface area contributed by atoms with Gasteiger partial charge in [-0.3, -0.25) is 4.79 Å². The quantitative estimate of drug-likeness (QED) is 0.837. The molecule has 0 aromatic heterocycles. The number of nitrogen functional groups attached to an aromatic ring is 1. The van der Waals surface area contributed by atoms with Gasteiger partial charge in [-0.2, -0.15) is 0 Å². The minimum Gasteiger partial charge on any atom is -0.486 e. The maximum Gasteiger partial charge on any atom is 0.255 e. The van der Waals surface area contributed by atoms with Crippen molar-refractivity contribution < 1.29 is 14.3 Å². The lowest BCUT2D eigenvalue weighted by atomic mass is 10.1. The Morgan fingerprint density at radius 1 is 1.10 bits per heavy atom. The fourth-order valence-corrected chi connectivity index (χ4v) is 2.13. The van der Waals surface area contributed by atoms with Gasteiger partial charge in [-0.05, 0) is 36.4 Å². The van der Waals surface area contributed by atoms with Crippen LogP contribution in [0.5, 0.6) is 11.5 Å². The van der Waals surface area contributed by atoms with Gasteiger partial charge in [0.2, 0.25) is 0 Å². The molecule has 1 heterocycles. The first-order chi connectivity index (χ1) is 10.1. The van der Waals surface area contributed by atoms with Gasteiger partial charge in [0, 0.05) is 11.3 Å². The fourth-order valence-electron chi connectivity index (χ4n) is 2.01. The van der Waals surface area contributed by atoms with Crippen LogP contribution >= 0.6 is 11.6 Å². The summed E-state index contributed by atoms with van der Waals surface area (Å²) < 4.78 is 10.9. The molecule has 0 bridgehead atoms. The van der Waals surface area contributed by atoms with Crippen LogP contribution in [0.1, 0.15) is 10.4 Å². The Morgan fingerprint density at radius 3 is 2.62 bits per heavy atom. The summed E-state index contributed by atoms with van der Waals surface area (Å²) in [5.74, 6) is 0.965. The lowest BCUT2D eigenvalue weighted by Gasteiger charge is -2.18. The second-order valence-electron chi connectivity index (χ2n) is 4.55. The van der Waals surface area contributed by atoms with Crippen molar-refractivity contribution in [3.63, 3.8) is 0 Å². The summed E-state index contributed by atoms with van der Waals surface area (Å²) in [6.45, 7) is 0.994. The van der Waals surface area contributed by atoms with E-state index in [0.29, 0.717) is 46.7 Å². The summed E-state index contributed by atoms with van der Waals surface area (Å²) in [7, 11) is 0. The standard InChI is InChI=1S/C15H13ClN2O3/c16-11-3-2-10(8-12(11)17)18-15(19)9-1-4-13-14(7-9)21-6-5-20-13/h1-4,7-8H,5-6,17H2,(H,18,19). The highest BCUT2D eigenvalue weighted by Crippen LogP contribution is 2.31. The largest absolute Gasteiger partial charge is 0.486 e. The molecule has 21 heavy (non-hydrogen) atoms. The van der Waals surface area contributed by atoms with Crippen molar-refractivity contribution in [1.82, 2.24) is 0 Å². The maximum absolute atomic E-state index is 12.2. The normalized spacial score (nSPS) is 12.8. The Labute approximate surface area is 126 Å². The second kappa shape index (κ2) is 5.54. The Bertz CT molecular complexity index is 703. The van der Waals surface area contributed by atoms with Gasteiger partial charge in [-0.1, -0.05) is 11.6 Å². The Kier molecular flexibility index (Phi) is 3.58. The number of ether oxygens (including phenoxy) is 2. The van der Waals surface area contributed by atoms with Crippen LogP contribution in [0.25, 0.3) is 0 Å². The van der Waals surface area contributed by atoms with Crippen LogP contribution in [0, 0.1) is 0 Å². The number of nitrogens with two attached hydrogens (primary N) is 1. The molecule has 0 aliphatic carbocycles. The minimum absolute atomic E-state index is 0.256. The first kappa shape index (κ1) is 13.6. The number of halogens is 1. The van der Waals surface area contributed by atoms with E-state index in [9.17, 15) is 4.79 Å². The van der Waals surface area contributed by atoms with E-state index in [1.165, 1.54) is 0 Å². The number of fused-ring (bicyclic) bond motifs is 1. The van der Waals surface area contributed by atoms with Gasteiger partial charge >= 0.3 is 0 Å². The van der Waals surface area contributed by atoms with Crippen molar-refractivity contribution in [3.8, 4) is 11.5 Å². The summed E-state index contributed by atoms with van der Waals surface area (Å²) >= 11 is 5.85. The molecule has 0 saturated heterocycles. The molecule has 2 aromatic carbocycles. The molecule has 3 N–H and O–H groups in total. The SMILES string of the molecule is Nc1cc(NC(=O)c2ccc3c(c2)OCCO3)ccc1Cl. The number of nitrogens with one attached hydrogen (secondary N) is 1. The zero-order valence-corrected chi connectivity index (χ0v) is 11.8. The van der Waals surface area contributed by atoms with E-state index in [1.54, 1.807) is 36.4 Å². The van der Waals surface area contributed by atoms with Crippen molar-refractivity contribution >= 4 is 28.9 Å². The topological polar surface area (TPSA) is 73.6 Å². The molecule has 2 aromatic rings. The highest BCUT2D eigenvalue weighted by molar-refractivity contribution is 6.33. The molecule has 1 amide bonds. The average molecular weight is 305 g/mol. The highest BCUT2D eigenvalue weighted by Gasteiger charge is 2.15. The molecule has 0 fully saturated rings. The summed E-state index contributed by atoms with van der Waals surface area (Å²) in [6.07, 6.45) is 0. The number of carbonyl (C=O) groups excluding carboxylic acids is 1. The van der Waals surface area contributed by atoms with E-state index in [4.69, 9.17) is 26.8 Å². The highest BCUT2D eigenvalue weighted by atomic mass is 35.5. The van der Waals surface area contributed by atoms with Gasteiger partial charge < -0.3 is 20.5 Å². The first-order valence-corrected chi connectivity index (χ1v) is 6.77. The van der Waals surface area contributed by atoms with E-state index in [-0.39, 0.29) is 5.91 Å². The van der Waals surface area contributed by atoms with Gasteiger partial charge in [-0.25, -0.2) is 0 Å². The summed E-state index contributed by atoms with van der Waals surface area (Å²) in [5, 5.41) is 3.21. The molecule has 0 unspecified atom stereocenters. The Morgan fingerprint density at radius 2 is 1.86 bits per heavy atom. The molecule has 1 aliphatic heterocycles. The van der Waals surface area contributed by atoms with Crippen molar-refractivity contribution in [2.75, 3.05) is 24.3 Å². The van der Waals surface area contributed by atoms with Crippen molar-refractivity contribution in [1.29, 1.82) is 0 Å². The molecule has 0 radical (unpaired) electrons. The molecule has 6 heteroatoms. The van der Waals surface area contributed by atoms with Gasteiger partial charge in [0.1, 0.15) is 13.2 Å². The molecular weight excluding hydrogens is 292 g/mol. The molecule has 0 saturated carbocycles. The van der Waals surface area contributed by atoms with Crippen LogP contribution in [-0.4, -0.2) is 19.1 Å². The predicted molar refractivity (Wildman–Crippen MR) is 81.2 cm³/mol. The minimum atomic E-state index is -0.256. The van der Waals surface area contributed by atoms with Crippen LogP contribution in [-0.2, 0) is 0 Å². The number of hydrogen-bond donors (Lipinski definition) is 2. The van der Waals surface area contributed by atoms with E-state index in [1.807, 2.05) is 0 Å². The number of carbonyl (C=O) groups is 1. The van der Waals surface area contributed by atoms with Crippen LogP contribution in [0.3, 0.4) is 0 Å². The first-order valence-electron chi connectivity index (χ1n) is 6.39. The molecule has 5 nitrogen and oxygen atoms in total. The maximum atomic E-state index is 12.2. The van der Waals surface area contributed by atoms with E-state index >= 15 is 0 Å². The smallest absolute Gasteiger partial charge is 0.255 e. The third-order valence-corrected chi connectivity index (χ3v) is 3.40. The van der Waals surface area contributed by atoms with Crippen LogP contribution < -0.4 is 20.5 Å². The summed E-state index contributed by atoms with van der Waals surface area (Å²) in [4.78, 5) is 12.2. The zero-order chi connectivity index (χ0) is 14.8. The molecule has 108 valence electrons. The van der Waals surface area contributed by atoms with E-state index < -0.39 is 0 Å². The average Bonchev–Trinajstić information content (AvgIpc) is 2.50. The fraction of sp³-hybridized carbons (Fsp3) is 0.133. The summed E-state index contributed by atoms with van der Waals surface area (Å²) in [5.41, 5.74) is 7.18. The molecule has 3 rings (SSSR count). The lowest BCUT2D eigenvalue weighted by Crippen LogP contribution is -2.17. The Hall–Kier alpha value is -2.40. The van der Waals surface area contributed by atoms with E-state index in [0.717, 1.165) is 0 Å². The Balaban J connectivity index is 1.80. The predicted octanol–water partition coefficient (Wildman–Crippen LogP) is 2.95. The molecular formula is C15H13ClN2O3. The molecule has 0 atom stereocenters. The van der Waals surface area contributed by atoms with Crippen LogP contribution in [0.15, 0.2) is 36.4 Å². The summed E-state index contributed by atoms with van der Waals surface area (Å²) in [6, 6.07) is 9.99. The van der Waals surface area contributed by atoms with Crippen molar-refractivity contribution in [2.45, 2.75) is 0 Å². The molecule has 0 spiro atoms. The zero-order valence-electron chi connectivity index (χ0n) is 11.1. The van der Waals surface area contributed by atoms with Gasteiger partial charge in [-0.15, -0.1) is 0 Å².